The van der Waals surface area contributed by atoms with Crippen LogP contribution >= 0.6 is 0 Å². The topological polar surface area (TPSA) is 102 Å². The molecule has 1 atom stereocenters. The third kappa shape index (κ3) is 7.48. The predicted molar refractivity (Wildman–Crippen MR) is 175 cm³/mol. The molecule has 1 aromatic heterocycles. The first-order chi connectivity index (χ1) is 22.2. The van der Waals surface area contributed by atoms with Crippen molar-refractivity contribution in [1.29, 1.82) is 0 Å². The van der Waals surface area contributed by atoms with Gasteiger partial charge in [0.2, 0.25) is 5.91 Å². The molecule has 0 radical (unpaired) electrons. The van der Waals surface area contributed by atoms with Crippen molar-refractivity contribution in [2.24, 2.45) is 4.99 Å². The molecule has 1 unspecified atom stereocenters. The number of nitrogens with one attached hydrogen (secondary N) is 3. The molecule has 46 heavy (non-hydrogen) atoms. The number of rotatable bonds is 9. The quantitative estimate of drug-likeness (QED) is 0.298. The van der Waals surface area contributed by atoms with Crippen LogP contribution < -0.4 is 16.0 Å². The van der Waals surface area contributed by atoms with E-state index in [0.29, 0.717) is 38.1 Å². The molecule has 238 valence electrons. The van der Waals surface area contributed by atoms with Crippen molar-refractivity contribution >= 4 is 29.2 Å². The number of carbonyl (C=O) groups excluding carboxylic acids is 2. The summed E-state index contributed by atoms with van der Waals surface area (Å²) in [6.07, 6.45) is 7.98. The molecule has 3 aliphatic rings. The van der Waals surface area contributed by atoms with Crippen molar-refractivity contribution in [3.8, 4) is 11.1 Å². The normalized spacial score (nSPS) is 20.5. The first-order valence-electron chi connectivity index (χ1n) is 15.5. The van der Waals surface area contributed by atoms with Crippen molar-refractivity contribution in [3.05, 3.63) is 102 Å². The maximum Gasteiger partial charge on any atom is 0.255 e. The minimum Gasteiger partial charge on any atom is -0.351 e. The number of fused-ring (bicyclic) bond motifs is 1. The molecule has 0 bridgehead atoms. The van der Waals surface area contributed by atoms with Crippen LogP contribution in [0, 0.1) is 5.82 Å². The lowest BCUT2D eigenvalue weighted by atomic mass is 9.90. The second-order valence-electron chi connectivity index (χ2n) is 12.2. The molecule has 3 heterocycles. The van der Waals surface area contributed by atoms with E-state index in [1.807, 2.05) is 38.4 Å². The van der Waals surface area contributed by atoms with Crippen LogP contribution in [0.4, 0.5) is 20.3 Å². The highest BCUT2D eigenvalue weighted by atomic mass is 19.1. The number of hydrogen-bond acceptors (Lipinski definition) is 7. The Morgan fingerprint density at radius 1 is 0.935 bits per heavy atom. The number of hydrogen-bond donors (Lipinski definition) is 3. The third-order valence-corrected chi connectivity index (χ3v) is 8.34. The van der Waals surface area contributed by atoms with Gasteiger partial charge in [-0.15, -0.1) is 0 Å². The van der Waals surface area contributed by atoms with Gasteiger partial charge >= 0.3 is 0 Å². The Balaban J connectivity index is 1.04. The minimum absolute atomic E-state index is 0.0502. The summed E-state index contributed by atoms with van der Waals surface area (Å²) >= 11 is 0. The standard InChI is InChI=1S/C35H37F2N7O2/c1-43(2)19-22-6-8-23(9-7-22)24-4-3-5-29(16-24)39-33-30(17-26(37)18-38-33)34(45)40-27-11-13-28(14-12-27)41-35(46)31-21-44-20-25(36)10-15-32(44)42-31/h3-10,15-18,20,27-28,31H,11-14,19,21H2,1-2H3,(H,38,39)(H,40,45)(H,41,46). The number of allylic oxidation sites excluding steroid dienone is 2. The fourth-order valence-corrected chi connectivity index (χ4v) is 6.04. The number of aliphatic imine (C=N–C) groups is 1. The summed E-state index contributed by atoms with van der Waals surface area (Å²) in [6, 6.07) is 16.6. The Hall–Kier alpha value is -4.90. The molecule has 1 fully saturated rings. The average Bonchev–Trinajstić information content (AvgIpc) is 3.47. The van der Waals surface area contributed by atoms with Crippen molar-refractivity contribution in [2.45, 2.75) is 50.4 Å². The maximum atomic E-state index is 14.3. The van der Waals surface area contributed by atoms with Gasteiger partial charge in [-0.2, -0.15) is 0 Å². The smallest absolute Gasteiger partial charge is 0.255 e. The molecule has 2 amide bonds. The Kier molecular flexibility index (Phi) is 9.20. The van der Waals surface area contributed by atoms with E-state index < -0.39 is 17.8 Å². The number of anilines is 2. The number of carbonyl (C=O) groups is 2. The van der Waals surface area contributed by atoms with Crippen LogP contribution in [0.25, 0.3) is 11.1 Å². The summed E-state index contributed by atoms with van der Waals surface area (Å²) in [5.41, 5.74) is 4.11. The molecule has 2 aliphatic heterocycles. The molecule has 3 N–H and O–H groups in total. The second-order valence-corrected chi connectivity index (χ2v) is 12.2. The number of benzene rings is 2. The van der Waals surface area contributed by atoms with Crippen molar-refractivity contribution in [1.82, 2.24) is 25.4 Å². The third-order valence-electron chi connectivity index (χ3n) is 8.34. The van der Waals surface area contributed by atoms with E-state index >= 15 is 0 Å². The number of amides is 2. The highest BCUT2D eigenvalue weighted by Crippen LogP contribution is 2.27. The van der Waals surface area contributed by atoms with Gasteiger partial charge in [-0.1, -0.05) is 36.4 Å². The summed E-state index contributed by atoms with van der Waals surface area (Å²) in [7, 11) is 4.07. The summed E-state index contributed by atoms with van der Waals surface area (Å²) in [5.74, 6) is -0.743. The summed E-state index contributed by atoms with van der Waals surface area (Å²) in [5, 5.41) is 9.30. The molecule has 9 nitrogen and oxygen atoms in total. The van der Waals surface area contributed by atoms with Gasteiger partial charge in [-0.05, 0) is 86.8 Å². The Labute approximate surface area is 267 Å². The molecule has 6 rings (SSSR count). The summed E-state index contributed by atoms with van der Waals surface area (Å²) in [4.78, 5) is 38.6. The Morgan fingerprint density at radius 3 is 2.41 bits per heavy atom. The van der Waals surface area contributed by atoms with Gasteiger partial charge in [-0.3, -0.25) is 14.6 Å². The predicted octanol–water partition coefficient (Wildman–Crippen LogP) is 5.31. The van der Waals surface area contributed by atoms with E-state index in [2.05, 4.69) is 55.1 Å². The van der Waals surface area contributed by atoms with E-state index in [1.165, 1.54) is 23.9 Å². The van der Waals surface area contributed by atoms with E-state index in [-0.39, 0.29) is 35.2 Å². The molecular weight excluding hydrogens is 588 g/mol. The van der Waals surface area contributed by atoms with Crippen LogP contribution in [-0.4, -0.2) is 71.2 Å². The fourth-order valence-electron chi connectivity index (χ4n) is 6.04. The second kappa shape index (κ2) is 13.6. The molecule has 1 aliphatic carbocycles. The van der Waals surface area contributed by atoms with Gasteiger partial charge in [0.05, 0.1) is 18.3 Å². The molecule has 2 aromatic carbocycles. The molecule has 1 saturated carbocycles. The number of halogens is 2. The molecule has 0 saturated heterocycles. The molecule has 0 spiro atoms. The van der Waals surface area contributed by atoms with Gasteiger partial charge < -0.3 is 25.8 Å². The summed E-state index contributed by atoms with van der Waals surface area (Å²) in [6.45, 7) is 1.16. The van der Waals surface area contributed by atoms with Crippen LogP contribution in [0.2, 0.25) is 0 Å². The van der Waals surface area contributed by atoms with Gasteiger partial charge in [0.25, 0.3) is 5.91 Å². The number of nitrogens with zero attached hydrogens (tertiary/aromatic N) is 4. The molecule has 11 heteroatoms. The zero-order valence-electron chi connectivity index (χ0n) is 25.8. The lowest BCUT2D eigenvalue weighted by Crippen LogP contribution is -2.46. The highest BCUT2D eigenvalue weighted by Gasteiger charge is 2.32. The Bertz CT molecular complexity index is 1700. The zero-order valence-corrected chi connectivity index (χ0v) is 25.8. The van der Waals surface area contributed by atoms with Gasteiger partial charge in [-0.25, -0.2) is 13.8 Å². The van der Waals surface area contributed by atoms with Crippen molar-refractivity contribution < 1.29 is 18.4 Å². The van der Waals surface area contributed by atoms with Crippen LogP contribution in [0.5, 0.6) is 0 Å². The van der Waals surface area contributed by atoms with Gasteiger partial charge in [0.1, 0.15) is 29.3 Å². The van der Waals surface area contributed by atoms with Crippen LogP contribution in [-0.2, 0) is 11.3 Å². The van der Waals surface area contributed by atoms with Gasteiger partial charge in [0.15, 0.2) is 0 Å². The van der Waals surface area contributed by atoms with Crippen LogP contribution in [0.15, 0.2) is 90.0 Å². The maximum absolute atomic E-state index is 14.3. The van der Waals surface area contributed by atoms with Crippen molar-refractivity contribution in [2.75, 3.05) is 26.0 Å². The lowest BCUT2D eigenvalue weighted by Gasteiger charge is -2.30. The van der Waals surface area contributed by atoms with E-state index in [4.69, 9.17) is 0 Å². The lowest BCUT2D eigenvalue weighted by molar-refractivity contribution is -0.123. The average molecular weight is 626 g/mol. The number of aromatic nitrogens is 1. The number of pyridine rings is 1. The van der Waals surface area contributed by atoms with E-state index in [0.717, 1.165) is 29.6 Å². The van der Waals surface area contributed by atoms with Crippen LogP contribution in [0.1, 0.15) is 41.6 Å². The van der Waals surface area contributed by atoms with E-state index in [1.54, 1.807) is 11.0 Å². The SMILES string of the molecule is CN(C)Cc1ccc(-c2cccc(Nc3ncc(F)cc3C(=O)NC3CCC(NC(=O)C4CN5C=C(F)C=CC5=N4)CC3)c2)cc1. The first-order valence-corrected chi connectivity index (χ1v) is 15.5. The fraction of sp³-hybridized carbons (Fsp3) is 0.314. The van der Waals surface area contributed by atoms with E-state index in [9.17, 15) is 18.4 Å². The van der Waals surface area contributed by atoms with Crippen molar-refractivity contribution in [3.63, 3.8) is 0 Å². The number of amidine groups is 1. The largest absolute Gasteiger partial charge is 0.351 e. The monoisotopic (exact) mass is 625 g/mol. The zero-order chi connectivity index (χ0) is 32.2. The highest BCUT2D eigenvalue weighted by molar-refractivity contribution is 6.00. The molecular formula is C35H37F2N7O2. The van der Waals surface area contributed by atoms with Crippen LogP contribution in [0.3, 0.4) is 0 Å². The summed E-state index contributed by atoms with van der Waals surface area (Å²) < 4.78 is 27.8. The van der Waals surface area contributed by atoms with Gasteiger partial charge in [0, 0.05) is 30.5 Å². The molecule has 3 aromatic rings. The minimum atomic E-state index is -0.603. The first kappa shape index (κ1) is 31.1. The Morgan fingerprint density at radius 2 is 1.67 bits per heavy atom.